The van der Waals surface area contributed by atoms with Gasteiger partial charge in [0.2, 0.25) is 0 Å². The van der Waals surface area contributed by atoms with Gasteiger partial charge >= 0.3 is 12.1 Å². The average Bonchev–Trinajstić information content (AvgIpc) is 2.70. The van der Waals surface area contributed by atoms with Crippen molar-refractivity contribution in [2.24, 2.45) is 11.3 Å². The minimum atomic E-state index is -0.879. The van der Waals surface area contributed by atoms with Crippen molar-refractivity contribution >= 4 is 12.1 Å². The maximum absolute atomic E-state index is 12.1. The molecule has 2 N–H and O–H groups in total. The summed E-state index contributed by atoms with van der Waals surface area (Å²) in [6.45, 7) is 7.55. The zero-order valence-electron chi connectivity index (χ0n) is 15.1. The molecule has 1 saturated carbocycles. The Morgan fingerprint density at radius 3 is 2.13 bits per heavy atom. The second-order valence-corrected chi connectivity index (χ2v) is 7.76. The zero-order valence-corrected chi connectivity index (χ0v) is 15.1. The van der Waals surface area contributed by atoms with Gasteiger partial charge in [0, 0.05) is 6.54 Å². The Bertz CT molecular complexity index is 394. The zero-order chi connectivity index (χ0) is 17.5. The Balaban J connectivity index is 2.86. The number of rotatable bonds is 6. The summed E-state index contributed by atoms with van der Waals surface area (Å²) < 4.78 is 5.26. The van der Waals surface area contributed by atoms with Crippen LogP contribution in [0.5, 0.6) is 0 Å². The Hall–Kier alpha value is -1.26. The van der Waals surface area contributed by atoms with Crippen molar-refractivity contribution in [3.63, 3.8) is 0 Å². The van der Waals surface area contributed by atoms with Crippen LogP contribution in [0.3, 0.4) is 0 Å². The minimum Gasteiger partial charge on any atom is -0.481 e. The molecule has 0 aliphatic heterocycles. The molecule has 0 aromatic rings. The summed E-state index contributed by atoms with van der Waals surface area (Å²) in [6, 6.07) is 0. The fourth-order valence-corrected chi connectivity index (χ4v) is 3.62. The van der Waals surface area contributed by atoms with Crippen LogP contribution < -0.4 is 5.32 Å². The number of nitrogens with one attached hydrogen (secondary N) is 1. The average molecular weight is 327 g/mol. The topological polar surface area (TPSA) is 75.6 Å². The number of carbonyl (C=O) groups excluding carboxylic acids is 1. The van der Waals surface area contributed by atoms with Crippen LogP contribution in [0.15, 0.2) is 0 Å². The highest BCUT2D eigenvalue weighted by Gasteiger charge is 2.45. The first-order valence-corrected chi connectivity index (χ1v) is 8.91. The maximum atomic E-state index is 12.1. The van der Waals surface area contributed by atoms with E-state index >= 15 is 0 Å². The fraction of sp³-hybridized carbons (Fsp3) is 0.889. The van der Waals surface area contributed by atoms with Crippen molar-refractivity contribution in [2.45, 2.75) is 84.7 Å². The monoisotopic (exact) mass is 327 g/mol. The quantitative estimate of drug-likeness (QED) is 0.711. The van der Waals surface area contributed by atoms with E-state index < -0.39 is 23.1 Å². The van der Waals surface area contributed by atoms with E-state index in [2.05, 4.69) is 5.32 Å². The van der Waals surface area contributed by atoms with E-state index in [0.29, 0.717) is 6.42 Å². The Morgan fingerprint density at radius 2 is 1.70 bits per heavy atom. The summed E-state index contributed by atoms with van der Waals surface area (Å²) in [5.41, 5.74) is -1.46. The van der Waals surface area contributed by atoms with Gasteiger partial charge in [-0.3, -0.25) is 4.79 Å². The molecule has 0 heterocycles. The van der Waals surface area contributed by atoms with Crippen molar-refractivity contribution in [2.75, 3.05) is 6.54 Å². The number of alkyl carbamates (subject to hydrolysis) is 1. The normalized spacial score (nSPS) is 19.5. The molecule has 134 valence electrons. The van der Waals surface area contributed by atoms with E-state index in [1.807, 2.05) is 6.92 Å². The highest BCUT2D eigenvalue weighted by molar-refractivity contribution is 5.77. The van der Waals surface area contributed by atoms with Crippen molar-refractivity contribution in [3.8, 4) is 0 Å². The highest BCUT2D eigenvalue weighted by atomic mass is 16.6. The van der Waals surface area contributed by atoms with Crippen LogP contribution in [0, 0.1) is 11.3 Å². The number of carbonyl (C=O) groups is 2. The lowest BCUT2D eigenvalue weighted by atomic mass is 9.69. The van der Waals surface area contributed by atoms with Gasteiger partial charge in [0.1, 0.15) is 5.60 Å². The second-order valence-electron chi connectivity index (χ2n) is 7.76. The number of hydrogen-bond donors (Lipinski definition) is 2. The Labute approximate surface area is 140 Å². The summed E-state index contributed by atoms with van der Waals surface area (Å²) >= 11 is 0. The standard InChI is InChI=1S/C18H33NO4/c1-5-12-18(15(20)21,14-10-8-6-7-9-11-14)13-19-16(22)23-17(2,3)4/h14H,5-13H2,1-4H3,(H,19,22)(H,20,21). The van der Waals surface area contributed by atoms with E-state index in [4.69, 9.17) is 4.74 Å². The van der Waals surface area contributed by atoms with Crippen LogP contribution in [-0.4, -0.2) is 29.3 Å². The third-order valence-corrected chi connectivity index (χ3v) is 4.71. The molecule has 1 amide bonds. The fourth-order valence-electron chi connectivity index (χ4n) is 3.62. The summed E-state index contributed by atoms with van der Waals surface area (Å²) in [4.78, 5) is 24.1. The molecule has 1 fully saturated rings. The lowest BCUT2D eigenvalue weighted by molar-refractivity contribution is -0.153. The molecule has 0 spiro atoms. The number of aliphatic carboxylic acids is 1. The highest BCUT2D eigenvalue weighted by Crippen LogP contribution is 2.41. The van der Waals surface area contributed by atoms with Crippen LogP contribution in [0.1, 0.15) is 79.1 Å². The van der Waals surface area contributed by atoms with Crippen molar-refractivity contribution in [3.05, 3.63) is 0 Å². The molecule has 23 heavy (non-hydrogen) atoms. The number of carboxylic acids is 1. The summed E-state index contributed by atoms with van der Waals surface area (Å²) in [7, 11) is 0. The molecular weight excluding hydrogens is 294 g/mol. The van der Waals surface area contributed by atoms with E-state index in [1.165, 1.54) is 12.8 Å². The molecule has 1 unspecified atom stereocenters. The van der Waals surface area contributed by atoms with Gasteiger partial charge in [0.25, 0.3) is 0 Å². The first-order valence-electron chi connectivity index (χ1n) is 8.91. The van der Waals surface area contributed by atoms with Gasteiger partial charge in [-0.2, -0.15) is 0 Å². The van der Waals surface area contributed by atoms with Gasteiger partial charge in [-0.15, -0.1) is 0 Å². The molecule has 0 aromatic carbocycles. The third-order valence-electron chi connectivity index (χ3n) is 4.71. The lowest BCUT2D eigenvalue weighted by Gasteiger charge is -2.37. The molecule has 1 aliphatic carbocycles. The molecule has 5 heteroatoms. The predicted molar refractivity (Wildman–Crippen MR) is 90.4 cm³/mol. The number of ether oxygens (including phenoxy) is 1. The van der Waals surface area contributed by atoms with Gasteiger partial charge in [-0.05, 0) is 46.0 Å². The molecule has 0 bridgehead atoms. The maximum Gasteiger partial charge on any atom is 0.407 e. The van der Waals surface area contributed by atoms with Crippen LogP contribution in [-0.2, 0) is 9.53 Å². The van der Waals surface area contributed by atoms with Crippen LogP contribution in [0.25, 0.3) is 0 Å². The number of hydrogen-bond acceptors (Lipinski definition) is 3. The van der Waals surface area contributed by atoms with Crippen LogP contribution in [0.2, 0.25) is 0 Å². The van der Waals surface area contributed by atoms with Crippen molar-refractivity contribution in [1.82, 2.24) is 5.32 Å². The molecule has 1 atom stereocenters. The van der Waals surface area contributed by atoms with Crippen LogP contribution in [0.4, 0.5) is 4.79 Å². The number of amides is 1. The van der Waals surface area contributed by atoms with Crippen LogP contribution >= 0.6 is 0 Å². The van der Waals surface area contributed by atoms with Crippen molar-refractivity contribution < 1.29 is 19.4 Å². The van der Waals surface area contributed by atoms with E-state index in [9.17, 15) is 14.7 Å². The predicted octanol–water partition coefficient (Wildman–Crippen LogP) is 4.35. The molecule has 1 rings (SSSR count). The van der Waals surface area contributed by atoms with Gasteiger partial charge in [-0.1, -0.05) is 39.0 Å². The summed E-state index contributed by atoms with van der Waals surface area (Å²) in [5, 5.41) is 12.7. The van der Waals surface area contributed by atoms with Gasteiger partial charge in [-0.25, -0.2) is 4.79 Å². The SMILES string of the molecule is CCCC(CNC(=O)OC(C)(C)C)(C(=O)O)C1CCCCCC1. The first-order chi connectivity index (χ1) is 10.7. The molecule has 0 aromatic heterocycles. The molecule has 0 saturated heterocycles. The first kappa shape index (κ1) is 19.8. The molecule has 0 radical (unpaired) electrons. The van der Waals surface area contributed by atoms with Crippen molar-refractivity contribution in [1.29, 1.82) is 0 Å². The van der Waals surface area contributed by atoms with E-state index in [0.717, 1.165) is 32.1 Å². The molecule has 5 nitrogen and oxygen atoms in total. The molecule has 1 aliphatic rings. The minimum absolute atomic E-state index is 0.123. The van der Waals surface area contributed by atoms with Gasteiger partial charge in [0.05, 0.1) is 5.41 Å². The van der Waals surface area contributed by atoms with Gasteiger partial charge < -0.3 is 15.2 Å². The number of carboxylic acid groups (broad SMARTS) is 1. The van der Waals surface area contributed by atoms with Gasteiger partial charge in [0.15, 0.2) is 0 Å². The largest absolute Gasteiger partial charge is 0.481 e. The summed E-state index contributed by atoms with van der Waals surface area (Å²) in [6.07, 6.45) is 7.22. The van der Waals surface area contributed by atoms with E-state index in [1.54, 1.807) is 20.8 Å². The smallest absolute Gasteiger partial charge is 0.407 e. The molecular formula is C18H33NO4. The Morgan fingerprint density at radius 1 is 1.13 bits per heavy atom. The second kappa shape index (κ2) is 8.55. The summed E-state index contributed by atoms with van der Waals surface area (Å²) in [5.74, 6) is -0.667. The van der Waals surface area contributed by atoms with E-state index in [-0.39, 0.29) is 12.5 Å². The Kier molecular flexibility index (Phi) is 7.36. The third kappa shape index (κ3) is 6.04. The lowest BCUT2D eigenvalue weighted by Crippen LogP contribution is -2.49.